The molecule has 3 aliphatic rings. The number of hydrogen-bond donors (Lipinski definition) is 1. The van der Waals surface area contributed by atoms with Crippen LogP contribution in [0.1, 0.15) is 46.7 Å². The highest BCUT2D eigenvalue weighted by atomic mass is 19.1. The summed E-state index contributed by atoms with van der Waals surface area (Å²) >= 11 is 0. The van der Waals surface area contributed by atoms with E-state index in [9.17, 15) is 13.6 Å². The minimum Gasteiger partial charge on any atom is -0.322 e. The Morgan fingerprint density at radius 1 is 0.875 bits per heavy atom. The van der Waals surface area contributed by atoms with E-state index >= 15 is 0 Å². The molecule has 3 aromatic carbocycles. The second kappa shape index (κ2) is 8.83. The number of rotatable bonds is 5. The summed E-state index contributed by atoms with van der Waals surface area (Å²) < 4.78 is 27.1. The minimum absolute atomic E-state index is 0.0387. The molecular weight excluding hydrogens is 406 g/mol. The molecule has 0 aromatic heterocycles. The van der Waals surface area contributed by atoms with Gasteiger partial charge in [0.05, 0.1) is 0 Å². The molecule has 3 fully saturated rings. The van der Waals surface area contributed by atoms with Crippen molar-refractivity contribution in [2.45, 2.75) is 31.2 Å². The Labute approximate surface area is 187 Å². The molecule has 32 heavy (non-hydrogen) atoms. The lowest BCUT2D eigenvalue weighted by atomic mass is 9.74. The summed E-state index contributed by atoms with van der Waals surface area (Å²) in [6, 6.07) is 21.6. The highest BCUT2D eigenvalue weighted by Gasteiger charge is 2.39. The first-order chi connectivity index (χ1) is 15.6. The molecule has 2 atom stereocenters. The van der Waals surface area contributed by atoms with Crippen LogP contribution in [0.4, 0.5) is 14.5 Å². The van der Waals surface area contributed by atoms with Crippen molar-refractivity contribution < 1.29 is 13.6 Å². The Morgan fingerprint density at radius 2 is 1.56 bits per heavy atom. The molecule has 5 heteroatoms. The van der Waals surface area contributed by atoms with Crippen molar-refractivity contribution in [3.05, 3.63) is 101 Å². The lowest BCUT2D eigenvalue weighted by molar-refractivity contribution is 0.0411. The maximum atomic E-state index is 13.5. The molecule has 3 saturated heterocycles. The first-order valence-corrected chi connectivity index (χ1v) is 11.2. The number of nitrogens with zero attached hydrogens (tertiary/aromatic N) is 1. The number of benzene rings is 3. The molecule has 1 N–H and O–H groups in total. The number of fused-ring (bicyclic) bond motifs is 3. The van der Waals surface area contributed by atoms with Gasteiger partial charge in [-0.25, -0.2) is 8.78 Å². The Hall–Kier alpha value is -3.05. The van der Waals surface area contributed by atoms with Crippen LogP contribution in [0.5, 0.6) is 0 Å². The first kappa shape index (κ1) is 20.8. The zero-order valence-electron chi connectivity index (χ0n) is 17.8. The van der Waals surface area contributed by atoms with Crippen LogP contribution in [0.25, 0.3) is 0 Å². The molecule has 0 aliphatic carbocycles. The molecule has 0 spiro atoms. The number of halogens is 2. The molecule has 6 rings (SSSR count). The summed E-state index contributed by atoms with van der Waals surface area (Å²) in [5.74, 6) is -1.09. The monoisotopic (exact) mass is 432 g/mol. The van der Waals surface area contributed by atoms with Gasteiger partial charge >= 0.3 is 0 Å². The fourth-order valence-corrected chi connectivity index (χ4v) is 5.35. The summed E-state index contributed by atoms with van der Waals surface area (Å²) in [5.41, 5.74) is 2.98. The van der Waals surface area contributed by atoms with Crippen molar-refractivity contribution in [1.82, 2.24) is 4.90 Å². The maximum Gasteiger partial charge on any atom is 0.255 e. The number of carbonyl (C=O) groups excluding carboxylic acids is 1. The van der Waals surface area contributed by atoms with Crippen LogP contribution in [0.2, 0.25) is 0 Å². The highest BCUT2D eigenvalue weighted by molar-refractivity contribution is 6.04. The Kier molecular flexibility index (Phi) is 5.75. The zero-order valence-corrected chi connectivity index (χ0v) is 17.8. The third-order valence-corrected chi connectivity index (χ3v) is 6.86. The number of anilines is 1. The van der Waals surface area contributed by atoms with Crippen LogP contribution in [-0.2, 0) is 0 Å². The summed E-state index contributed by atoms with van der Waals surface area (Å²) in [6.07, 6.45) is 3.73. The van der Waals surface area contributed by atoms with Crippen molar-refractivity contribution in [3.8, 4) is 0 Å². The second-order valence-corrected chi connectivity index (χ2v) is 8.91. The van der Waals surface area contributed by atoms with Crippen LogP contribution in [0, 0.1) is 17.6 Å². The van der Waals surface area contributed by atoms with Crippen molar-refractivity contribution in [2.24, 2.45) is 5.92 Å². The number of amides is 1. The van der Waals surface area contributed by atoms with E-state index in [0.29, 0.717) is 11.7 Å². The van der Waals surface area contributed by atoms with E-state index in [0.717, 1.165) is 42.8 Å². The molecular formula is C27H26F2N2O. The van der Waals surface area contributed by atoms with Gasteiger partial charge in [-0.1, -0.05) is 42.5 Å². The SMILES string of the molecule is O=C(Nc1cccc(C(c2ccccc2)C2CC3CCN2CC3)c1)c1cc(F)cc(F)c1. The van der Waals surface area contributed by atoms with Gasteiger partial charge in [-0.2, -0.15) is 0 Å². The lowest BCUT2D eigenvalue weighted by Crippen LogP contribution is -2.51. The van der Waals surface area contributed by atoms with E-state index in [1.807, 2.05) is 24.3 Å². The molecule has 3 heterocycles. The average molecular weight is 433 g/mol. The summed E-state index contributed by atoms with van der Waals surface area (Å²) in [5, 5.41) is 2.81. The van der Waals surface area contributed by atoms with Crippen molar-refractivity contribution in [1.29, 1.82) is 0 Å². The largest absolute Gasteiger partial charge is 0.322 e. The standard InChI is InChI=1S/C27H26F2N2O/c28-22-14-21(15-23(29)17-22)27(32)30-24-8-4-7-20(16-24)26(19-5-2-1-3-6-19)25-13-18-9-11-31(25)12-10-18/h1-8,14-18,25-26H,9-13H2,(H,30,32). The molecule has 164 valence electrons. The number of nitrogens with one attached hydrogen (secondary N) is 1. The van der Waals surface area contributed by atoms with Gasteiger partial charge in [0.15, 0.2) is 0 Å². The van der Waals surface area contributed by atoms with E-state index in [-0.39, 0.29) is 11.5 Å². The van der Waals surface area contributed by atoms with Crippen LogP contribution >= 0.6 is 0 Å². The van der Waals surface area contributed by atoms with E-state index in [1.165, 1.54) is 24.8 Å². The van der Waals surface area contributed by atoms with Gasteiger partial charge in [0.2, 0.25) is 0 Å². The summed E-state index contributed by atoms with van der Waals surface area (Å²) in [7, 11) is 0. The van der Waals surface area contributed by atoms with Crippen LogP contribution < -0.4 is 5.32 Å². The van der Waals surface area contributed by atoms with Gasteiger partial charge < -0.3 is 5.32 Å². The molecule has 2 unspecified atom stereocenters. The molecule has 3 nitrogen and oxygen atoms in total. The number of hydrogen-bond acceptors (Lipinski definition) is 2. The van der Waals surface area contributed by atoms with E-state index in [4.69, 9.17) is 0 Å². The maximum absolute atomic E-state index is 13.5. The van der Waals surface area contributed by atoms with Crippen LogP contribution in [0.15, 0.2) is 72.8 Å². The molecule has 0 saturated carbocycles. The van der Waals surface area contributed by atoms with Gasteiger partial charge in [-0.3, -0.25) is 9.69 Å². The van der Waals surface area contributed by atoms with Crippen LogP contribution in [0.3, 0.4) is 0 Å². The third kappa shape index (κ3) is 4.30. The van der Waals surface area contributed by atoms with E-state index < -0.39 is 17.5 Å². The molecule has 1 amide bonds. The van der Waals surface area contributed by atoms with Gasteiger partial charge in [-0.15, -0.1) is 0 Å². The first-order valence-electron chi connectivity index (χ1n) is 11.2. The third-order valence-electron chi connectivity index (χ3n) is 6.86. The predicted octanol–water partition coefficient (Wildman–Crippen LogP) is 5.83. The summed E-state index contributed by atoms with van der Waals surface area (Å²) in [6.45, 7) is 2.28. The Morgan fingerprint density at radius 3 is 2.22 bits per heavy atom. The summed E-state index contributed by atoms with van der Waals surface area (Å²) in [4.78, 5) is 15.2. The normalized spacial score (nSPS) is 23.0. The van der Waals surface area contributed by atoms with Crippen molar-refractivity contribution in [3.63, 3.8) is 0 Å². The number of carbonyl (C=O) groups is 1. The van der Waals surface area contributed by atoms with Gasteiger partial charge in [0.25, 0.3) is 5.91 Å². The lowest BCUT2D eigenvalue weighted by Gasteiger charge is -2.48. The van der Waals surface area contributed by atoms with Crippen molar-refractivity contribution >= 4 is 11.6 Å². The highest BCUT2D eigenvalue weighted by Crippen LogP contribution is 2.42. The van der Waals surface area contributed by atoms with Gasteiger partial charge in [-0.05, 0) is 73.7 Å². The van der Waals surface area contributed by atoms with E-state index in [1.54, 1.807) is 0 Å². The predicted molar refractivity (Wildman–Crippen MR) is 122 cm³/mol. The zero-order chi connectivity index (χ0) is 22.1. The number of piperidine rings is 3. The average Bonchev–Trinajstić information content (AvgIpc) is 2.80. The van der Waals surface area contributed by atoms with Gasteiger partial charge in [0, 0.05) is 29.3 Å². The quantitative estimate of drug-likeness (QED) is 0.550. The molecule has 3 aliphatic heterocycles. The molecule has 2 bridgehead atoms. The fourth-order valence-electron chi connectivity index (χ4n) is 5.35. The fraction of sp³-hybridized carbons (Fsp3) is 0.296. The van der Waals surface area contributed by atoms with Gasteiger partial charge in [0.1, 0.15) is 11.6 Å². The van der Waals surface area contributed by atoms with Crippen LogP contribution in [-0.4, -0.2) is 29.9 Å². The topological polar surface area (TPSA) is 32.3 Å². The van der Waals surface area contributed by atoms with E-state index in [2.05, 4.69) is 40.5 Å². The molecule has 0 radical (unpaired) electrons. The Bertz CT molecular complexity index is 1090. The molecule has 3 aromatic rings. The Balaban J connectivity index is 1.45. The minimum atomic E-state index is -0.769. The van der Waals surface area contributed by atoms with Crippen molar-refractivity contribution in [2.75, 3.05) is 18.4 Å². The smallest absolute Gasteiger partial charge is 0.255 e. The second-order valence-electron chi connectivity index (χ2n) is 8.91.